The van der Waals surface area contributed by atoms with Crippen molar-refractivity contribution >= 4 is 54.9 Å². The van der Waals surface area contributed by atoms with E-state index in [1.807, 2.05) is 97.1 Å². The van der Waals surface area contributed by atoms with E-state index in [-0.39, 0.29) is 39.0 Å². The van der Waals surface area contributed by atoms with Gasteiger partial charge in [0.05, 0.1) is 45.6 Å². The number of aliphatic hydroxyl groups excluding tert-OH is 2. The molecule has 0 radical (unpaired) electrons. The number of benzene rings is 6. The van der Waals surface area contributed by atoms with Crippen LogP contribution in [-0.2, 0) is 59.8 Å². The maximum Gasteiger partial charge on any atom is 2.00 e. The molecular weight excluding hydrogens is 1280 g/mol. The largest absolute Gasteiger partial charge is 2.00 e. The Kier molecular flexibility index (Phi) is 28.8. The van der Waals surface area contributed by atoms with Gasteiger partial charge in [-0.25, -0.2) is 9.97 Å². The number of hydrogen-bond acceptors (Lipinski definition) is 18. The molecule has 6 aromatic carbocycles. The summed E-state index contributed by atoms with van der Waals surface area (Å²) in [7, 11) is -8.33. The van der Waals surface area contributed by atoms with Crippen molar-refractivity contribution in [3.8, 4) is 67.8 Å². The molecule has 0 fully saturated rings. The molecule has 12 aromatic rings. The van der Waals surface area contributed by atoms with Gasteiger partial charge in [0, 0.05) is 93.9 Å². The minimum atomic E-state index is -5.17. The van der Waals surface area contributed by atoms with Crippen LogP contribution < -0.4 is 9.80 Å². The third-order valence-electron chi connectivity index (χ3n) is 12.3. The van der Waals surface area contributed by atoms with E-state index in [1.54, 1.807) is 24.8 Å². The summed E-state index contributed by atoms with van der Waals surface area (Å²) in [5.74, 6) is 0. The van der Waals surface area contributed by atoms with Crippen LogP contribution in [-0.4, -0.2) is 89.4 Å². The Balaban J connectivity index is 0.000000267. The predicted octanol–water partition coefficient (Wildman–Crippen LogP) is 13.2. The van der Waals surface area contributed by atoms with Gasteiger partial charge >= 0.3 is 39.0 Å². The number of anilines is 6. The van der Waals surface area contributed by atoms with Gasteiger partial charge in [-0.15, -0.1) is 0 Å². The monoisotopic (exact) mass is 1340 g/mol. The average molecular weight is 1340 g/mol. The first-order valence-electron chi connectivity index (χ1n) is 26.6. The van der Waals surface area contributed by atoms with Crippen molar-refractivity contribution in [1.29, 1.82) is 0 Å². The van der Waals surface area contributed by atoms with E-state index in [0.29, 0.717) is 0 Å². The number of aliphatic hydroxyl groups is 2. The molecule has 90 heavy (non-hydrogen) atoms. The number of aromatic nitrogens is 6. The number of rotatable bonds is 12. The first kappa shape index (κ1) is 71.5. The van der Waals surface area contributed by atoms with Crippen molar-refractivity contribution in [2.75, 3.05) is 24.0 Å². The zero-order valence-corrected chi connectivity index (χ0v) is 56.2. The molecule has 0 unspecified atom stereocenters. The molecule has 0 aliphatic rings. The first-order chi connectivity index (χ1) is 42.7. The van der Waals surface area contributed by atoms with Gasteiger partial charge in [0.25, 0.3) is 0 Å². The summed E-state index contributed by atoms with van der Waals surface area (Å²) in [6, 6.07) is 90.9. The Labute approximate surface area is 548 Å². The molecular formula is C68H56N8O10S2Zn2. The summed E-state index contributed by atoms with van der Waals surface area (Å²) in [4.78, 5) is 32.4. The molecule has 18 nitrogen and oxygen atoms in total. The van der Waals surface area contributed by atoms with Crippen LogP contribution in [0.5, 0.6) is 0 Å². The third-order valence-corrected chi connectivity index (χ3v) is 12.3. The Morgan fingerprint density at radius 1 is 0.267 bits per heavy atom. The van der Waals surface area contributed by atoms with Gasteiger partial charge < -0.3 is 38.2 Å². The summed E-state index contributed by atoms with van der Waals surface area (Å²) >= 11 is 0. The first-order valence-corrected chi connectivity index (χ1v) is 29.3. The normalized spacial score (nSPS) is 10.2. The van der Waals surface area contributed by atoms with E-state index in [0.717, 1.165) is 116 Å². The van der Waals surface area contributed by atoms with Gasteiger partial charge in [0.15, 0.2) is 0 Å². The molecule has 2 N–H and O–H groups in total. The van der Waals surface area contributed by atoms with Crippen molar-refractivity contribution < 1.29 is 84.2 Å². The Morgan fingerprint density at radius 3 is 0.644 bits per heavy atom. The van der Waals surface area contributed by atoms with E-state index in [2.05, 4.69) is 200 Å². The smallest absolute Gasteiger partial charge is 0.759 e. The van der Waals surface area contributed by atoms with Crippen LogP contribution in [0, 0.1) is 0 Å². The van der Waals surface area contributed by atoms with Gasteiger partial charge in [-0.2, -0.15) is 0 Å². The van der Waals surface area contributed by atoms with E-state index in [1.165, 1.54) is 0 Å². The molecule has 444 valence electrons. The molecule has 0 aliphatic heterocycles. The van der Waals surface area contributed by atoms with Crippen LogP contribution in [0.15, 0.2) is 292 Å². The van der Waals surface area contributed by atoms with Crippen LogP contribution in [0.1, 0.15) is 0 Å². The summed E-state index contributed by atoms with van der Waals surface area (Å²) < 4.78 is 68.2. The average Bonchev–Trinajstić information content (AvgIpc) is 2.67. The summed E-state index contributed by atoms with van der Waals surface area (Å²) in [5.41, 5.74) is 17.5. The van der Waals surface area contributed by atoms with Crippen molar-refractivity contribution in [2.24, 2.45) is 0 Å². The van der Waals surface area contributed by atoms with Crippen molar-refractivity contribution in [3.63, 3.8) is 0 Å². The van der Waals surface area contributed by atoms with Crippen LogP contribution >= 0.6 is 0 Å². The maximum atomic E-state index is 8.52. The Hall–Kier alpha value is -9.27. The van der Waals surface area contributed by atoms with Gasteiger partial charge in [-0.1, -0.05) is 121 Å². The number of hydrogen-bond donors (Lipinski definition) is 2. The molecule has 6 heterocycles. The van der Waals surface area contributed by atoms with Gasteiger partial charge in [0.2, 0.25) is 0 Å². The molecule has 0 bridgehead atoms. The summed E-state index contributed by atoms with van der Waals surface area (Å²) in [5, 5.41) is 14.0. The van der Waals surface area contributed by atoms with Crippen molar-refractivity contribution in [3.05, 3.63) is 292 Å². The standard InChI is InChI=1S/2C33H24N4.2CH4O.2H2O4S.2Zn/c2*1-3-11-27(12-4-1)37(28-13-5-2-6-14-28)29-19-17-25(18-20-29)26-23-32(30-15-7-9-21-34-30)36-33(24-26)31-16-8-10-22-35-31;2*1-2;2*1-5(2,3)4;;/h2*1-24H;2*2H,1H3;2*(H2,1,2,3,4);;/q;;;;;;2*+2/p-4. The van der Waals surface area contributed by atoms with E-state index in [4.69, 9.17) is 55.2 Å². The fourth-order valence-corrected chi connectivity index (χ4v) is 8.79. The second-order valence-electron chi connectivity index (χ2n) is 18.0. The van der Waals surface area contributed by atoms with E-state index in [9.17, 15) is 0 Å². The molecule has 6 aromatic heterocycles. The second kappa shape index (κ2) is 36.3. The van der Waals surface area contributed by atoms with Crippen LogP contribution in [0.2, 0.25) is 0 Å². The number of para-hydroxylation sites is 4. The van der Waals surface area contributed by atoms with Gasteiger partial charge in [-0.3, -0.25) is 36.8 Å². The van der Waals surface area contributed by atoms with Crippen LogP contribution in [0.25, 0.3) is 67.8 Å². The molecule has 0 spiro atoms. The quantitative estimate of drug-likeness (QED) is 0.0653. The Morgan fingerprint density at radius 2 is 0.456 bits per heavy atom. The number of nitrogens with zero attached hydrogens (tertiary/aromatic N) is 8. The van der Waals surface area contributed by atoms with E-state index >= 15 is 0 Å². The SMILES string of the molecule is CO.CO.O=S(=O)([O-])[O-].O=S(=O)([O-])[O-].[Zn+2].[Zn+2].c1ccc(N(c2ccccc2)c2ccc(-c3cc(-c4ccccn4)nc(-c4ccccn4)c3)cc2)cc1.c1ccc(N(c2ccccc2)c2ccc(-c3cc(-c4ccccn4)nc(-c4ccccn4)c3)cc2)cc1. The van der Waals surface area contributed by atoms with Crippen molar-refractivity contribution in [2.45, 2.75) is 0 Å². The summed E-state index contributed by atoms with van der Waals surface area (Å²) in [6.45, 7) is 0. The molecule has 0 saturated heterocycles. The fraction of sp³-hybridized carbons (Fsp3) is 0.0294. The minimum Gasteiger partial charge on any atom is -0.759 e. The van der Waals surface area contributed by atoms with Gasteiger partial charge in [0.1, 0.15) is 0 Å². The fourth-order valence-electron chi connectivity index (χ4n) is 8.79. The number of pyridine rings is 6. The molecule has 0 saturated carbocycles. The maximum absolute atomic E-state index is 8.52. The molecule has 0 atom stereocenters. The van der Waals surface area contributed by atoms with Crippen molar-refractivity contribution in [1.82, 2.24) is 29.9 Å². The van der Waals surface area contributed by atoms with Gasteiger partial charge in [-0.05, 0) is 168 Å². The Bertz CT molecular complexity index is 3770. The van der Waals surface area contributed by atoms with Crippen LogP contribution in [0.4, 0.5) is 34.1 Å². The summed E-state index contributed by atoms with van der Waals surface area (Å²) in [6.07, 6.45) is 7.17. The van der Waals surface area contributed by atoms with Crippen LogP contribution in [0.3, 0.4) is 0 Å². The van der Waals surface area contributed by atoms with E-state index < -0.39 is 20.8 Å². The molecule has 12 rings (SSSR count). The zero-order chi connectivity index (χ0) is 62.7. The molecule has 0 aliphatic carbocycles. The topological polar surface area (TPSA) is 285 Å². The molecule has 22 heteroatoms. The zero-order valence-electron chi connectivity index (χ0n) is 48.7. The minimum absolute atomic E-state index is 0. The second-order valence-corrected chi connectivity index (χ2v) is 19.7. The molecule has 0 amide bonds. The predicted molar refractivity (Wildman–Crippen MR) is 339 cm³/mol. The third kappa shape index (κ3) is 22.1.